The lowest BCUT2D eigenvalue weighted by Crippen LogP contribution is -2.27. The molecule has 1 rings (SSSR count). The Morgan fingerprint density at radius 1 is 1.39 bits per heavy atom. The molecule has 0 unspecified atom stereocenters. The molecule has 1 aromatic rings. The Morgan fingerprint density at radius 3 is 2.56 bits per heavy atom. The molecule has 0 aliphatic heterocycles. The van der Waals surface area contributed by atoms with Crippen molar-refractivity contribution in [3.63, 3.8) is 0 Å². The van der Waals surface area contributed by atoms with Crippen molar-refractivity contribution in [1.29, 1.82) is 5.41 Å². The van der Waals surface area contributed by atoms with Crippen molar-refractivity contribution in [1.82, 2.24) is 4.90 Å². The lowest BCUT2D eigenvalue weighted by molar-refractivity contribution is 0.222. The molecule has 0 amide bonds. The summed E-state index contributed by atoms with van der Waals surface area (Å²) in [6.45, 7) is 7.93. The van der Waals surface area contributed by atoms with E-state index in [1.807, 2.05) is 12.1 Å². The normalized spacial score (nSPS) is 10.7. The maximum Gasteiger partial charge on any atom is 0.123 e. The molecule has 0 atom stereocenters. The Labute approximate surface area is 117 Å². The van der Waals surface area contributed by atoms with Crippen LogP contribution < -0.4 is 10.5 Å². The van der Waals surface area contributed by atoms with Crippen molar-refractivity contribution in [3.05, 3.63) is 28.2 Å². The Morgan fingerprint density at radius 2 is 2.06 bits per heavy atom. The molecule has 3 N–H and O–H groups in total. The van der Waals surface area contributed by atoms with E-state index in [1.165, 1.54) is 0 Å². The number of nitrogens with two attached hydrogens (primary N) is 1. The van der Waals surface area contributed by atoms with E-state index in [2.05, 4.69) is 34.7 Å². The summed E-state index contributed by atoms with van der Waals surface area (Å²) in [5, 5.41) is 7.39. The number of rotatable bonds is 7. The first kappa shape index (κ1) is 15.0. The summed E-state index contributed by atoms with van der Waals surface area (Å²) in [6, 6.07) is 5.47. The summed E-state index contributed by atoms with van der Waals surface area (Å²) in [5.41, 5.74) is 6.13. The van der Waals surface area contributed by atoms with Crippen LogP contribution in [-0.2, 0) is 0 Å². The molecule has 0 radical (unpaired) electrons. The zero-order valence-electron chi connectivity index (χ0n) is 10.9. The number of halogens is 1. The van der Waals surface area contributed by atoms with Crippen LogP contribution in [-0.4, -0.2) is 37.0 Å². The number of nitrogen functional groups attached to an aromatic ring is 1. The van der Waals surface area contributed by atoms with Crippen LogP contribution in [0.4, 0.5) is 0 Å². The first-order valence-electron chi connectivity index (χ1n) is 6.07. The highest BCUT2D eigenvalue weighted by molar-refractivity contribution is 9.10. The topological polar surface area (TPSA) is 62.3 Å². The molecule has 0 heterocycles. The van der Waals surface area contributed by atoms with Crippen LogP contribution >= 0.6 is 15.9 Å². The lowest BCUT2D eigenvalue weighted by atomic mass is 10.2. The number of nitrogens with zero attached hydrogens (tertiary/aromatic N) is 1. The minimum Gasteiger partial charge on any atom is -0.492 e. The Hall–Kier alpha value is -1.07. The second-order valence-electron chi connectivity index (χ2n) is 3.93. The molecule has 0 spiro atoms. The van der Waals surface area contributed by atoms with Crippen LogP contribution in [0.15, 0.2) is 22.7 Å². The van der Waals surface area contributed by atoms with Crippen LogP contribution in [0.1, 0.15) is 19.4 Å². The number of ether oxygens (including phenoxy) is 1. The Balaban J connectivity index is 2.53. The maximum atomic E-state index is 7.39. The van der Waals surface area contributed by atoms with Gasteiger partial charge in [0.15, 0.2) is 0 Å². The SMILES string of the molecule is CCN(CC)CCOc1ccc(C(=N)N)c(Br)c1. The number of likely N-dealkylation sites (N-methyl/N-ethyl adjacent to an activating group) is 1. The standard InChI is InChI=1S/C13H20BrN3O/c1-3-17(4-2)7-8-18-10-5-6-11(13(15)16)12(14)9-10/h5-6,9H,3-4,7-8H2,1-2H3,(H3,15,16). The van der Waals surface area contributed by atoms with Gasteiger partial charge in [0.05, 0.1) is 0 Å². The molecule has 18 heavy (non-hydrogen) atoms. The number of hydrogen-bond acceptors (Lipinski definition) is 3. The quantitative estimate of drug-likeness (QED) is 0.600. The van der Waals surface area contributed by atoms with Gasteiger partial charge in [0.25, 0.3) is 0 Å². The van der Waals surface area contributed by atoms with Gasteiger partial charge in [-0.05, 0) is 47.2 Å². The monoisotopic (exact) mass is 313 g/mol. The second kappa shape index (κ2) is 7.38. The van der Waals surface area contributed by atoms with E-state index in [9.17, 15) is 0 Å². The van der Waals surface area contributed by atoms with Crippen molar-refractivity contribution in [2.75, 3.05) is 26.2 Å². The molecule has 0 saturated carbocycles. The molecule has 0 aromatic heterocycles. The zero-order valence-corrected chi connectivity index (χ0v) is 12.5. The van der Waals surface area contributed by atoms with E-state index < -0.39 is 0 Å². The minimum absolute atomic E-state index is 0.0524. The molecule has 0 bridgehead atoms. The fraction of sp³-hybridized carbons (Fsp3) is 0.462. The molecule has 0 fully saturated rings. The van der Waals surface area contributed by atoms with E-state index in [-0.39, 0.29) is 5.84 Å². The summed E-state index contributed by atoms with van der Waals surface area (Å²) in [4.78, 5) is 2.30. The average molecular weight is 314 g/mol. The van der Waals surface area contributed by atoms with Gasteiger partial charge in [-0.15, -0.1) is 0 Å². The van der Waals surface area contributed by atoms with Crippen molar-refractivity contribution in [3.8, 4) is 5.75 Å². The molecule has 5 heteroatoms. The number of hydrogen-bond donors (Lipinski definition) is 2. The smallest absolute Gasteiger partial charge is 0.123 e. The highest BCUT2D eigenvalue weighted by Crippen LogP contribution is 2.22. The van der Waals surface area contributed by atoms with Crippen molar-refractivity contribution in [2.24, 2.45) is 5.73 Å². The third kappa shape index (κ3) is 4.31. The summed E-state index contributed by atoms with van der Waals surface area (Å²) in [5.74, 6) is 0.843. The van der Waals surface area contributed by atoms with Gasteiger partial charge in [0.2, 0.25) is 0 Å². The first-order valence-corrected chi connectivity index (χ1v) is 6.86. The van der Waals surface area contributed by atoms with Crippen LogP contribution in [0.2, 0.25) is 0 Å². The predicted octanol–water partition coefficient (Wildman–Crippen LogP) is 2.45. The van der Waals surface area contributed by atoms with E-state index in [1.54, 1.807) is 6.07 Å². The third-order valence-electron chi connectivity index (χ3n) is 2.80. The van der Waals surface area contributed by atoms with Gasteiger partial charge in [-0.3, -0.25) is 5.41 Å². The number of benzene rings is 1. The van der Waals surface area contributed by atoms with Crippen molar-refractivity contribution >= 4 is 21.8 Å². The fourth-order valence-electron chi connectivity index (χ4n) is 1.64. The van der Waals surface area contributed by atoms with Crippen LogP contribution in [0.5, 0.6) is 5.75 Å². The molecule has 0 saturated heterocycles. The highest BCUT2D eigenvalue weighted by Gasteiger charge is 2.05. The largest absolute Gasteiger partial charge is 0.492 e. The first-order chi connectivity index (χ1) is 8.58. The molecule has 1 aromatic carbocycles. The van der Waals surface area contributed by atoms with Gasteiger partial charge in [-0.2, -0.15) is 0 Å². The fourth-order valence-corrected chi connectivity index (χ4v) is 2.21. The molecular weight excluding hydrogens is 294 g/mol. The van der Waals surface area contributed by atoms with Crippen molar-refractivity contribution < 1.29 is 4.74 Å². The summed E-state index contributed by atoms with van der Waals surface area (Å²) in [6.07, 6.45) is 0. The lowest BCUT2D eigenvalue weighted by Gasteiger charge is -2.18. The summed E-state index contributed by atoms with van der Waals surface area (Å²) in [7, 11) is 0. The second-order valence-corrected chi connectivity index (χ2v) is 4.79. The van der Waals surface area contributed by atoms with Crippen LogP contribution in [0, 0.1) is 5.41 Å². The summed E-state index contributed by atoms with van der Waals surface area (Å²) < 4.78 is 6.46. The molecule has 100 valence electrons. The highest BCUT2D eigenvalue weighted by atomic mass is 79.9. The van der Waals surface area contributed by atoms with Gasteiger partial charge >= 0.3 is 0 Å². The van der Waals surface area contributed by atoms with Crippen LogP contribution in [0.3, 0.4) is 0 Å². The Bertz CT molecular complexity index is 405. The average Bonchev–Trinajstić information content (AvgIpc) is 2.34. The van der Waals surface area contributed by atoms with Gasteiger partial charge in [0, 0.05) is 16.6 Å². The van der Waals surface area contributed by atoms with Crippen molar-refractivity contribution in [2.45, 2.75) is 13.8 Å². The van der Waals surface area contributed by atoms with Gasteiger partial charge < -0.3 is 15.4 Å². The predicted molar refractivity (Wildman–Crippen MR) is 78.4 cm³/mol. The van der Waals surface area contributed by atoms with Gasteiger partial charge in [-0.1, -0.05) is 13.8 Å². The van der Waals surface area contributed by atoms with E-state index in [0.29, 0.717) is 12.2 Å². The van der Waals surface area contributed by atoms with Crippen LogP contribution in [0.25, 0.3) is 0 Å². The number of nitrogens with one attached hydrogen (secondary N) is 1. The molecule has 0 aliphatic rings. The van der Waals surface area contributed by atoms with E-state index in [0.717, 1.165) is 29.9 Å². The molecule has 4 nitrogen and oxygen atoms in total. The molecule has 0 aliphatic carbocycles. The van der Waals surface area contributed by atoms with Gasteiger partial charge in [0.1, 0.15) is 18.2 Å². The third-order valence-corrected chi connectivity index (χ3v) is 3.46. The Kier molecular flexibility index (Phi) is 6.15. The zero-order chi connectivity index (χ0) is 13.5. The summed E-state index contributed by atoms with van der Waals surface area (Å²) >= 11 is 3.38. The molecular formula is C13H20BrN3O. The number of amidine groups is 1. The maximum absolute atomic E-state index is 7.39. The van der Waals surface area contributed by atoms with Gasteiger partial charge in [-0.25, -0.2) is 0 Å². The minimum atomic E-state index is 0.0524. The van der Waals surface area contributed by atoms with E-state index in [4.69, 9.17) is 15.9 Å². The van der Waals surface area contributed by atoms with E-state index >= 15 is 0 Å².